The molecule has 23 heavy (non-hydrogen) atoms. The molecular weight excluding hydrogens is 314 g/mol. The second kappa shape index (κ2) is 6.59. The second-order valence-corrected chi connectivity index (χ2v) is 8.05. The van der Waals surface area contributed by atoms with Crippen LogP contribution in [0.2, 0.25) is 0 Å². The van der Waals surface area contributed by atoms with Crippen LogP contribution in [0, 0.1) is 0 Å². The van der Waals surface area contributed by atoms with Crippen LogP contribution >= 0.6 is 0 Å². The molecule has 0 radical (unpaired) electrons. The van der Waals surface area contributed by atoms with Gasteiger partial charge in [0.15, 0.2) is 0 Å². The number of piperazine rings is 1. The van der Waals surface area contributed by atoms with E-state index in [-0.39, 0.29) is 16.8 Å². The Kier molecular flexibility index (Phi) is 4.70. The third kappa shape index (κ3) is 3.73. The van der Waals surface area contributed by atoms with Crippen LogP contribution in [-0.4, -0.2) is 62.3 Å². The molecule has 1 N–H and O–H groups in total. The van der Waals surface area contributed by atoms with E-state index in [4.69, 9.17) is 0 Å². The first-order valence-electron chi connectivity index (χ1n) is 8.14. The van der Waals surface area contributed by atoms with Crippen molar-refractivity contribution < 1.29 is 13.2 Å². The fourth-order valence-corrected chi connectivity index (χ4v) is 4.20. The Balaban J connectivity index is 1.75. The maximum Gasteiger partial charge on any atom is 0.251 e. The highest BCUT2D eigenvalue weighted by Crippen LogP contribution is 2.21. The molecule has 6 nitrogen and oxygen atoms in total. The summed E-state index contributed by atoms with van der Waals surface area (Å²) in [5, 5.41) is 2.89. The van der Waals surface area contributed by atoms with Crippen molar-refractivity contribution in [2.45, 2.75) is 30.7 Å². The van der Waals surface area contributed by atoms with Crippen LogP contribution in [0.25, 0.3) is 0 Å². The van der Waals surface area contributed by atoms with Gasteiger partial charge in [0, 0.05) is 37.8 Å². The van der Waals surface area contributed by atoms with Crippen molar-refractivity contribution in [2.24, 2.45) is 0 Å². The molecule has 1 heterocycles. The van der Waals surface area contributed by atoms with E-state index in [1.165, 1.54) is 10.4 Å². The van der Waals surface area contributed by atoms with Gasteiger partial charge in [0.1, 0.15) is 0 Å². The first kappa shape index (κ1) is 16.4. The van der Waals surface area contributed by atoms with Gasteiger partial charge >= 0.3 is 0 Å². The number of sulfonamides is 1. The lowest BCUT2D eigenvalue weighted by atomic mass is 10.2. The van der Waals surface area contributed by atoms with Crippen LogP contribution in [0.4, 0.5) is 0 Å². The molecule has 1 aliphatic heterocycles. The van der Waals surface area contributed by atoms with Crippen LogP contribution < -0.4 is 5.32 Å². The normalized spacial score (nSPS) is 20.4. The molecule has 1 saturated heterocycles. The zero-order valence-electron chi connectivity index (χ0n) is 13.4. The topological polar surface area (TPSA) is 69.7 Å². The number of rotatable bonds is 5. The van der Waals surface area contributed by atoms with Gasteiger partial charge < -0.3 is 10.2 Å². The van der Waals surface area contributed by atoms with E-state index in [2.05, 4.69) is 17.1 Å². The fraction of sp³-hybridized carbons (Fsp3) is 0.562. The van der Waals surface area contributed by atoms with Gasteiger partial charge in [-0.1, -0.05) is 13.0 Å². The quantitative estimate of drug-likeness (QED) is 0.867. The van der Waals surface area contributed by atoms with E-state index in [9.17, 15) is 13.2 Å². The number of amides is 1. The van der Waals surface area contributed by atoms with Gasteiger partial charge in [-0.05, 0) is 37.6 Å². The highest BCUT2D eigenvalue weighted by molar-refractivity contribution is 7.89. The molecular formula is C16H23N3O3S. The number of likely N-dealkylation sites (N-methyl/N-ethyl adjacent to an activating group) is 1. The standard InChI is InChI=1S/C16H23N3O3S/c1-2-18-8-10-19(11-9-18)23(21,22)15-5-3-4-13(12-15)16(20)17-14-6-7-14/h3-5,12,14H,2,6-11H2,1H3,(H,17,20). The number of carbonyl (C=O) groups excluding carboxylic acids is 1. The van der Waals surface area contributed by atoms with Crippen molar-refractivity contribution in [1.82, 2.24) is 14.5 Å². The van der Waals surface area contributed by atoms with Crippen molar-refractivity contribution in [3.05, 3.63) is 29.8 Å². The van der Waals surface area contributed by atoms with Crippen LogP contribution in [0.3, 0.4) is 0 Å². The molecule has 1 aromatic rings. The molecule has 7 heteroatoms. The summed E-state index contributed by atoms with van der Waals surface area (Å²) in [5.74, 6) is -0.194. The van der Waals surface area contributed by atoms with Crippen molar-refractivity contribution >= 4 is 15.9 Å². The van der Waals surface area contributed by atoms with Crippen LogP contribution in [0.5, 0.6) is 0 Å². The van der Waals surface area contributed by atoms with Gasteiger partial charge in [-0.3, -0.25) is 4.79 Å². The average Bonchev–Trinajstić information content (AvgIpc) is 3.39. The van der Waals surface area contributed by atoms with Gasteiger partial charge in [-0.25, -0.2) is 8.42 Å². The number of benzene rings is 1. The molecule has 0 aromatic heterocycles. The number of hydrogen-bond donors (Lipinski definition) is 1. The summed E-state index contributed by atoms with van der Waals surface area (Å²) in [7, 11) is -3.54. The van der Waals surface area contributed by atoms with E-state index < -0.39 is 10.0 Å². The minimum Gasteiger partial charge on any atom is -0.349 e. The van der Waals surface area contributed by atoms with Gasteiger partial charge in [0.2, 0.25) is 10.0 Å². The lowest BCUT2D eigenvalue weighted by molar-refractivity contribution is 0.0951. The van der Waals surface area contributed by atoms with Crippen molar-refractivity contribution in [3.8, 4) is 0 Å². The molecule has 0 spiro atoms. The Morgan fingerprint density at radius 2 is 1.91 bits per heavy atom. The lowest BCUT2D eigenvalue weighted by Gasteiger charge is -2.33. The van der Waals surface area contributed by atoms with E-state index >= 15 is 0 Å². The predicted octanol–water partition coefficient (Wildman–Crippen LogP) is 0.905. The number of hydrogen-bond acceptors (Lipinski definition) is 4. The Morgan fingerprint density at radius 3 is 2.52 bits per heavy atom. The molecule has 0 unspecified atom stereocenters. The third-order valence-corrected chi connectivity index (χ3v) is 6.32. The molecule has 1 saturated carbocycles. The number of carbonyl (C=O) groups is 1. The van der Waals surface area contributed by atoms with Gasteiger partial charge in [-0.15, -0.1) is 0 Å². The first-order valence-corrected chi connectivity index (χ1v) is 9.58. The Labute approximate surface area is 137 Å². The molecule has 126 valence electrons. The van der Waals surface area contributed by atoms with Crippen molar-refractivity contribution in [1.29, 1.82) is 0 Å². The van der Waals surface area contributed by atoms with Gasteiger partial charge in [-0.2, -0.15) is 4.31 Å². The Bertz CT molecular complexity index is 678. The molecule has 1 aromatic carbocycles. The number of nitrogens with zero attached hydrogens (tertiary/aromatic N) is 2. The highest BCUT2D eigenvalue weighted by atomic mass is 32.2. The zero-order valence-corrected chi connectivity index (χ0v) is 14.2. The van der Waals surface area contributed by atoms with E-state index in [0.29, 0.717) is 18.7 Å². The van der Waals surface area contributed by atoms with Gasteiger partial charge in [0.05, 0.1) is 4.90 Å². The molecule has 3 rings (SSSR count). The van der Waals surface area contributed by atoms with Crippen LogP contribution in [0.1, 0.15) is 30.1 Å². The molecule has 1 amide bonds. The molecule has 0 bridgehead atoms. The maximum absolute atomic E-state index is 12.8. The SMILES string of the molecule is CCN1CCN(S(=O)(=O)c2cccc(C(=O)NC3CC3)c2)CC1. The molecule has 0 atom stereocenters. The summed E-state index contributed by atoms with van der Waals surface area (Å²) in [6.45, 7) is 5.50. The Morgan fingerprint density at radius 1 is 1.22 bits per heavy atom. The Hall–Kier alpha value is -1.44. The van der Waals surface area contributed by atoms with Crippen molar-refractivity contribution in [2.75, 3.05) is 32.7 Å². The summed E-state index contributed by atoms with van der Waals surface area (Å²) >= 11 is 0. The fourth-order valence-electron chi connectivity index (χ4n) is 2.73. The number of nitrogens with one attached hydrogen (secondary N) is 1. The lowest BCUT2D eigenvalue weighted by Crippen LogP contribution is -2.48. The predicted molar refractivity (Wildman–Crippen MR) is 87.8 cm³/mol. The minimum absolute atomic E-state index is 0.194. The summed E-state index contributed by atoms with van der Waals surface area (Å²) in [6, 6.07) is 6.60. The summed E-state index contributed by atoms with van der Waals surface area (Å²) in [6.07, 6.45) is 2.01. The van der Waals surface area contributed by atoms with Crippen LogP contribution in [0.15, 0.2) is 29.2 Å². The first-order chi connectivity index (χ1) is 11.0. The smallest absolute Gasteiger partial charge is 0.251 e. The third-order valence-electron chi connectivity index (χ3n) is 4.43. The summed E-state index contributed by atoms with van der Waals surface area (Å²) in [5.41, 5.74) is 0.408. The van der Waals surface area contributed by atoms with Gasteiger partial charge in [0.25, 0.3) is 5.91 Å². The zero-order chi connectivity index (χ0) is 16.4. The van der Waals surface area contributed by atoms with Crippen LogP contribution in [-0.2, 0) is 10.0 Å². The highest BCUT2D eigenvalue weighted by Gasteiger charge is 2.29. The average molecular weight is 337 g/mol. The van der Waals surface area contributed by atoms with E-state index in [1.54, 1.807) is 18.2 Å². The largest absolute Gasteiger partial charge is 0.349 e. The monoisotopic (exact) mass is 337 g/mol. The maximum atomic E-state index is 12.8. The molecule has 1 aliphatic carbocycles. The minimum atomic E-state index is -3.54. The van der Waals surface area contributed by atoms with E-state index in [0.717, 1.165) is 32.5 Å². The summed E-state index contributed by atoms with van der Waals surface area (Å²) in [4.78, 5) is 14.5. The molecule has 2 fully saturated rings. The van der Waals surface area contributed by atoms with Crippen molar-refractivity contribution in [3.63, 3.8) is 0 Å². The second-order valence-electron chi connectivity index (χ2n) is 6.11. The summed E-state index contributed by atoms with van der Waals surface area (Å²) < 4.78 is 27.0. The molecule has 2 aliphatic rings. The van der Waals surface area contributed by atoms with E-state index in [1.807, 2.05) is 0 Å².